The van der Waals surface area contributed by atoms with Gasteiger partial charge in [0.1, 0.15) is 12.2 Å². The second kappa shape index (κ2) is 8.40. The van der Waals surface area contributed by atoms with Crippen LogP contribution in [0.4, 0.5) is 18.9 Å². The molecule has 1 aliphatic heterocycles. The maximum absolute atomic E-state index is 12.5. The largest absolute Gasteiger partial charge is 0.494 e. The van der Waals surface area contributed by atoms with Crippen LogP contribution in [0.3, 0.4) is 0 Å². The third kappa shape index (κ3) is 4.52. The number of carbonyl (C=O) groups excluding carboxylic acids is 1. The van der Waals surface area contributed by atoms with Gasteiger partial charge in [0.2, 0.25) is 0 Å². The Bertz CT molecular complexity index is 1290. The van der Waals surface area contributed by atoms with E-state index in [-0.39, 0.29) is 11.4 Å². The van der Waals surface area contributed by atoms with Crippen molar-refractivity contribution in [3.05, 3.63) is 41.7 Å². The zero-order valence-corrected chi connectivity index (χ0v) is 19.5. The molecule has 2 aliphatic rings. The van der Waals surface area contributed by atoms with E-state index in [9.17, 15) is 23.1 Å². The molecule has 1 aliphatic carbocycles. The molecule has 0 bridgehead atoms. The average molecular weight is 489 g/mol. The molecular formula is C24H27F3N6O2. The SMILES string of the molecule is CCC(=Nc1cnn(C2CC3(C2)CN(C)C3)c1)c1c(O)[nH]c2ccc(C(=O)NCC(F)(F)F)cc12. The number of amides is 1. The van der Waals surface area contributed by atoms with Gasteiger partial charge in [0.25, 0.3) is 5.91 Å². The summed E-state index contributed by atoms with van der Waals surface area (Å²) in [4.78, 5) is 22.1. The molecule has 8 nitrogen and oxygen atoms in total. The minimum atomic E-state index is -4.50. The zero-order chi connectivity index (χ0) is 25.0. The first-order valence-corrected chi connectivity index (χ1v) is 11.6. The molecule has 2 fully saturated rings. The number of likely N-dealkylation sites (tertiary alicyclic amines) is 1. The Morgan fingerprint density at radius 2 is 2.09 bits per heavy atom. The van der Waals surface area contributed by atoms with Gasteiger partial charge in [-0.25, -0.2) is 4.99 Å². The number of aliphatic imine (C=N–C) groups is 1. The van der Waals surface area contributed by atoms with Crippen molar-refractivity contribution in [2.24, 2.45) is 10.4 Å². The molecule has 0 atom stereocenters. The number of aromatic hydroxyl groups is 1. The summed E-state index contributed by atoms with van der Waals surface area (Å²) < 4.78 is 39.4. The highest BCUT2D eigenvalue weighted by atomic mass is 19.4. The van der Waals surface area contributed by atoms with Crippen molar-refractivity contribution in [1.29, 1.82) is 0 Å². The smallest absolute Gasteiger partial charge is 0.405 e. The van der Waals surface area contributed by atoms with Gasteiger partial charge in [-0.05, 0) is 49.9 Å². The first kappa shape index (κ1) is 23.4. The van der Waals surface area contributed by atoms with Crippen LogP contribution in [-0.2, 0) is 0 Å². The number of halogens is 3. The third-order valence-electron chi connectivity index (χ3n) is 6.89. The van der Waals surface area contributed by atoms with Gasteiger partial charge in [-0.3, -0.25) is 9.48 Å². The highest BCUT2D eigenvalue weighted by Crippen LogP contribution is 2.53. The molecular weight excluding hydrogens is 461 g/mol. The normalized spacial score (nSPS) is 18.6. The monoisotopic (exact) mass is 488 g/mol. The molecule has 3 heterocycles. The van der Waals surface area contributed by atoms with Gasteiger partial charge in [0.05, 0.1) is 29.7 Å². The molecule has 5 rings (SSSR count). The second-order valence-corrected chi connectivity index (χ2v) is 9.73. The number of hydrogen-bond acceptors (Lipinski definition) is 5. The van der Waals surface area contributed by atoms with Crippen molar-refractivity contribution < 1.29 is 23.1 Å². The molecule has 1 saturated heterocycles. The average Bonchev–Trinajstić information content (AvgIpc) is 3.34. The number of aromatic nitrogens is 3. The molecule has 3 N–H and O–H groups in total. The Morgan fingerprint density at radius 1 is 1.34 bits per heavy atom. The van der Waals surface area contributed by atoms with E-state index in [0.29, 0.717) is 45.7 Å². The topological polar surface area (TPSA) is 98.5 Å². The van der Waals surface area contributed by atoms with E-state index < -0.39 is 18.6 Å². The third-order valence-corrected chi connectivity index (χ3v) is 6.89. The van der Waals surface area contributed by atoms with Crippen molar-refractivity contribution in [3.8, 4) is 5.88 Å². The predicted octanol–water partition coefficient (Wildman–Crippen LogP) is 4.16. The minimum absolute atomic E-state index is 0.0609. The summed E-state index contributed by atoms with van der Waals surface area (Å²) in [5, 5.41) is 17.5. The number of hydrogen-bond donors (Lipinski definition) is 3. The summed E-state index contributed by atoms with van der Waals surface area (Å²) in [7, 11) is 2.13. The molecule has 35 heavy (non-hydrogen) atoms. The van der Waals surface area contributed by atoms with Crippen LogP contribution < -0.4 is 5.32 Å². The van der Waals surface area contributed by atoms with Crippen LogP contribution in [-0.4, -0.2) is 69.2 Å². The lowest BCUT2D eigenvalue weighted by atomic mass is 9.61. The number of rotatable bonds is 6. The van der Waals surface area contributed by atoms with E-state index in [2.05, 4.69) is 22.0 Å². The van der Waals surface area contributed by atoms with Crippen molar-refractivity contribution in [2.45, 2.75) is 38.4 Å². The summed E-state index contributed by atoms with van der Waals surface area (Å²) in [6.45, 7) is 2.74. The summed E-state index contributed by atoms with van der Waals surface area (Å²) in [6, 6.07) is 4.78. The number of aromatic amines is 1. The lowest BCUT2D eigenvalue weighted by molar-refractivity contribution is -0.123. The summed E-state index contributed by atoms with van der Waals surface area (Å²) in [5.41, 5.74) is 2.69. The summed E-state index contributed by atoms with van der Waals surface area (Å²) in [6.07, 6.45) is 1.77. The van der Waals surface area contributed by atoms with E-state index in [1.807, 2.05) is 23.1 Å². The van der Waals surface area contributed by atoms with Crippen molar-refractivity contribution in [2.75, 3.05) is 26.7 Å². The maximum Gasteiger partial charge on any atom is 0.405 e. The molecule has 1 amide bonds. The molecule has 1 aromatic carbocycles. The molecule has 0 unspecified atom stereocenters. The van der Waals surface area contributed by atoms with Gasteiger partial charge in [-0.1, -0.05) is 6.92 Å². The van der Waals surface area contributed by atoms with E-state index in [4.69, 9.17) is 4.99 Å². The van der Waals surface area contributed by atoms with Gasteiger partial charge >= 0.3 is 6.18 Å². The Labute approximate surface area is 199 Å². The van der Waals surface area contributed by atoms with Gasteiger partial charge in [0, 0.05) is 29.6 Å². The molecule has 3 aromatic rings. The second-order valence-electron chi connectivity index (χ2n) is 9.73. The fourth-order valence-corrected chi connectivity index (χ4v) is 5.43. The number of benzene rings is 1. The highest BCUT2D eigenvalue weighted by Gasteiger charge is 2.51. The molecule has 1 spiro atoms. The molecule has 1 saturated carbocycles. The quantitative estimate of drug-likeness (QED) is 0.454. The van der Waals surface area contributed by atoms with Crippen LogP contribution in [0.15, 0.2) is 35.6 Å². The number of nitrogens with zero attached hydrogens (tertiary/aromatic N) is 4. The van der Waals surface area contributed by atoms with Crippen LogP contribution in [0.25, 0.3) is 10.9 Å². The molecule has 0 radical (unpaired) electrons. The summed E-state index contributed by atoms with van der Waals surface area (Å²) in [5.74, 6) is -0.959. The van der Waals surface area contributed by atoms with Gasteiger partial charge in [-0.2, -0.15) is 18.3 Å². The van der Waals surface area contributed by atoms with Crippen LogP contribution in [0.5, 0.6) is 5.88 Å². The summed E-state index contributed by atoms with van der Waals surface area (Å²) >= 11 is 0. The Hall–Kier alpha value is -3.34. The first-order chi connectivity index (χ1) is 16.6. The van der Waals surface area contributed by atoms with E-state index in [0.717, 1.165) is 25.9 Å². The lowest BCUT2D eigenvalue weighted by Gasteiger charge is -2.58. The highest BCUT2D eigenvalue weighted by molar-refractivity contribution is 6.14. The Kier molecular flexibility index (Phi) is 5.62. The lowest BCUT2D eigenvalue weighted by Crippen LogP contribution is -2.60. The number of fused-ring (bicyclic) bond motifs is 1. The van der Waals surface area contributed by atoms with E-state index in [1.54, 1.807) is 12.3 Å². The predicted molar refractivity (Wildman–Crippen MR) is 125 cm³/mol. The van der Waals surface area contributed by atoms with Crippen molar-refractivity contribution in [1.82, 2.24) is 25.0 Å². The van der Waals surface area contributed by atoms with Gasteiger partial charge < -0.3 is 20.3 Å². The number of alkyl halides is 3. The number of nitrogens with one attached hydrogen (secondary N) is 2. The van der Waals surface area contributed by atoms with Crippen LogP contribution >= 0.6 is 0 Å². The number of carbonyl (C=O) groups is 1. The van der Waals surface area contributed by atoms with E-state index >= 15 is 0 Å². The molecule has 2 aromatic heterocycles. The van der Waals surface area contributed by atoms with Crippen molar-refractivity contribution in [3.63, 3.8) is 0 Å². The van der Waals surface area contributed by atoms with Gasteiger partial charge in [-0.15, -0.1) is 0 Å². The molecule has 11 heteroatoms. The fraction of sp³-hybridized carbons (Fsp3) is 0.458. The van der Waals surface area contributed by atoms with Crippen LogP contribution in [0.1, 0.15) is 48.1 Å². The Morgan fingerprint density at radius 3 is 2.74 bits per heavy atom. The van der Waals surface area contributed by atoms with Crippen LogP contribution in [0, 0.1) is 5.41 Å². The minimum Gasteiger partial charge on any atom is -0.494 e. The van der Waals surface area contributed by atoms with Crippen LogP contribution in [0.2, 0.25) is 0 Å². The zero-order valence-electron chi connectivity index (χ0n) is 19.5. The van der Waals surface area contributed by atoms with Gasteiger partial charge in [0.15, 0.2) is 5.88 Å². The Balaban J connectivity index is 1.39. The number of H-pyrrole nitrogens is 1. The van der Waals surface area contributed by atoms with Crippen molar-refractivity contribution >= 4 is 28.2 Å². The molecule has 186 valence electrons. The maximum atomic E-state index is 12.5. The van der Waals surface area contributed by atoms with E-state index in [1.165, 1.54) is 12.1 Å². The fourth-order valence-electron chi connectivity index (χ4n) is 5.43. The first-order valence-electron chi connectivity index (χ1n) is 11.6. The standard InChI is InChI=1S/C24H27F3N6O2/c1-3-18(30-15-9-29-33(10-15)16-7-23(8-16)12-32(2)13-23)20-17-6-14(4-5-19(17)31-22(20)35)21(34)28-11-24(25,26)27/h4-6,9-10,16,31,35H,3,7-8,11-13H2,1-2H3,(H,28,34).